The van der Waals surface area contributed by atoms with Crippen LogP contribution in [0.3, 0.4) is 0 Å². The van der Waals surface area contributed by atoms with Crippen molar-refractivity contribution in [2.45, 2.75) is 329 Å². The summed E-state index contributed by atoms with van der Waals surface area (Å²) >= 11 is 0. The van der Waals surface area contributed by atoms with Gasteiger partial charge >= 0.3 is 17.9 Å². The van der Waals surface area contributed by atoms with E-state index in [0.29, 0.717) is 19.3 Å². The third-order valence-corrected chi connectivity index (χ3v) is 14.5. The molecule has 1 atom stereocenters. The molecule has 0 fully saturated rings. The van der Waals surface area contributed by atoms with Gasteiger partial charge in [0.25, 0.3) is 0 Å². The standard InChI is InChI=1S/C74H126O6/c1-4-7-10-13-16-19-22-25-28-31-32-33-34-35-36-37-38-39-40-41-42-44-46-49-52-55-58-61-64-67-73(76)79-70-71(69-78-72(75)66-63-60-57-54-51-48-45-30-27-24-21-18-15-12-9-6-3)80-74(77)68-65-62-59-56-53-50-47-43-29-26-23-20-17-14-11-8-5-2/h7,10,16-17,19-20,25-26,28-30,32-33,35-36,38-39,45,71H,4-6,8-9,11-15,18,21-24,27,31,34,37,40-44,46-70H2,1-3H3/b10-7-,19-16-,20-17-,28-25-,29-26-,33-32-,36-35-,39-38-,45-30-. The van der Waals surface area contributed by atoms with Crippen LogP contribution in [0.5, 0.6) is 0 Å². The molecule has 0 rings (SSSR count). The molecule has 0 aliphatic rings. The van der Waals surface area contributed by atoms with E-state index in [0.717, 1.165) is 116 Å². The van der Waals surface area contributed by atoms with Gasteiger partial charge < -0.3 is 14.2 Å². The number of rotatable bonds is 61. The SMILES string of the molecule is CC/C=C\C/C=C\C/C=C\C/C=C\C/C=C\C/C=C\CCCCCCCCCCCCC(=O)OCC(COC(=O)CCCCCCC/C=C\CCCCCCCCC)OC(=O)CCCCCCCCC/C=C\C/C=C\CCCCC. The van der Waals surface area contributed by atoms with Gasteiger partial charge in [0.05, 0.1) is 0 Å². The molecule has 0 amide bonds. The van der Waals surface area contributed by atoms with E-state index >= 15 is 0 Å². The lowest BCUT2D eigenvalue weighted by Crippen LogP contribution is -2.30. The van der Waals surface area contributed by atoms with Crippen LogP contribution in [-0.2, 0) is 28.6 Å². The van der Waals surface area contributed by atoms with E-state index in [2.05, 4.69) is 130 Å². The monoisotopic (exact) mass is 1110 g/mol. The molecular weight excluding hydrogens is 985 g/mol. The number of esters is 3. The molecule has 0 aliphatic heterocycles. The van der Waals surface area contributed by atoms with Gasteiger partial charge in [0.1, 0.15) is 13.2 Å². The molecule has 0 saturated heterocycles. The third-order valence-electron chi connectivity index (χ3n) is 14.5. The molecule has 0 aromatic rings. The summed E-state index contributed by atoms with van der Waals surface area (Å²) < 4.78 is 17.0. The van der Waals surface area contributed by atoms with E-state index in [9.17, 15) is 14.4 Å². The van der Waals surface area contributed by atoms with Crippen molar-refractivity contribution in [3.05, 3.63) is 109 Å². The van der Waals surface area contributed by atoms with Crippen molar-refractivity contribution in [3.8, 4) is 0 Å². The van der Waals surface area contributed by atoms with E-state index < -0.39 is 6.10 Å². The summed E-state index contributed by atoms with van der Waals surface area (Å²) in [6.07, 6.45) is 92.4. The predicted molar refractivity (Wildman–Crippen MR) is 348 cm³/mol. The number of hydrogen-bond donors (Lipinski definition) is 0. The number of carbonyl (C=O) groups excluding carboxylic acids is 3. The van der Waals surface area contributed by atoms with E-state index in [1.54, 1.807) is 0 Å². The van der Waals surface area contributed by atoms with Crippen LogP contribution in [0.2, 0.25) is 0 Å². The molecule has 0 heterocycles. The van der Waals surface area contributed by atoms with Crippen molar-refractivity contribution < 1.29 is 28.6 Å². The molecule has 0 aliphatic carbocycles. The van der Waals surface area contributed by atoms with Crippen molar-refractivity contribution >= 4 is 17.9 Å². The van der Waals surface area contributed by atoms with Crippen LogP contribution in [-0.4, -0.2) is 37.2 Å². The first-order chi connectivity index (χ1) is 39.5. The van der Waals surface area contributed by atoms with Gasteiger partial charge in [-0.2, -0.15) is 0 Å². The van der Waals surface area contributed by atoms with E-state index in [1.165, 1.54) is 167 Å². The zero-order chi connectivity index (χ0) is 57.8. The van der Waals surface area contributed by atoms with E-state index in [-0.39, 0.29) is 31.1 Å². The molecule has 6 heteroatoms. The normalized spacial score (nSPS) is 12.8. The predicted octanol–water partition coefficient (Wildman–Crippen LogP) is 23.4. The van der Waals surface area contributed by atoms with Crippen LogP contribution in [0.25, 0.3) is 0 Å². The molecule has 1 unspecified atom stereocenters. The largest absolute Gasteiger partial charge is 0.462 e. The molecule has 0 aromatic heterocycles. The molecule has 0 bridgehead atoms. The maximum absolute atomic E-state index is 12.9. The second kappa shape index (κ2) is 67.6. The Labute approximate surface area is 495 Å². The highest BCUT2D eigenvalue weighted by Crippen LogP contribution is 2.16. The first-order valence-electron chi connectivity index (χ1n) is 33.9. The van der Waals surface area contributed by atoms with Crippen molar-refractivity contribution in [2.24, 2.45) is 0 Å². The second-order valence-corrected chi connectivity index (χ2v) is 22.3. The fourth-order valence-electron chi connectivity index (χ4n) is 9.41. The first-order valence-corrected chi connectivity index (χ1v) is 33.9. The number of ether oxygens (including phenoxy) is 3. The fourth-order valence-corrected chi connectivity index (χ4v) is 9.41. The average Bonchev–Trinajstić information content (AvgIpc) is 3.46. The molecule has 458 valence electrons. The number of allylic oxidation sites excluding steroid dienone is 18. The van der Waals surface area contributed by atoms with Crippen LogP contribution in [0, 0.1) is 0 Å². The zero-order valence-electron chi connectivity index (χ0n) is 52.6. The Kier molecular flexibility index (Phi) is 64.3. The van der Waals surface area contributed by atoms with Crippen LogP contribution < -0.4 is 0 Å². The maximum atomic E-state index is 12.9. The smallest absolute Gasteiger partial charge is 0.306 e. The van der Waals surface area contributed by atoms with Crippen molar-refractivity contribution in [1.82, 2.24) is 0 Å². The topological polar surface area (TPSA) is 78.9 Å². The van der Waals surface area contributed by atoms with Crippen LogP contribution in [0.15, 0.2) is 109 Å². The Hall–Kier alpha value is -3.93. The van der Waals surface area contributed by atoms with Gasteiger partial charge in [-0.15, -0.1) is 0 Å². The zero-order valence-corrected chi connectivity index (χ0v) is 52.6. The van der Waals surface area contributed by atoms with Gasteiger partial charge in [0, 0.05) is 19.3 Å². The Morgan fingerprint density at radius 2 is 0.487 bits per heavy atom. The summed E-state index contributed by atoms with van der Waals surface area (Å²) in [5, 5.41) is 0. The molecule has 0 radical (unpaired) electrons. The third kappa shape index (κ3) is 64.9. The minimum absolute atomic E-state index is 0.0856. The summed E-state index contributed by atoms with van der Waals surface area (Å²) in [6.45, 7) is 6.51. The molecule has 0 saturated carbocycles. The van der Waals surface area contributed by atoms with Crippen LogP contribution in [0.4, 0.5) is 0 Å². The summed E-state index contributed by atoms with van der Waals surface area (Å²) in [5.74, 6) is -0.895. The molecule has 0 N–H and O–H groups in total. The summed E-state index contributed by atoms with van der Waals surface area (Å²) in [7, 11) is 0. The highest BCUT2D eigenvalue weighted by molar-refractivity contribution is 5.71. The fraction of sp³-hybridized carbons (Fsp3) is 0.716. The lowest BCUT2D eigenvalue weighted by molar-refractivity contribution is -0.167. The highest BCUT2D eigenvalue weighted by Gasteiger charge is 2.19. The van der Waals surface area contributed by atoms with Crippen LogP contribution in [0.1, 0.15) is 323 Å². The van der Waals surface area contributed by atoms with Crippen LogP contribution >= 0.6 is 0 Å². The quantitative estimate of drug-likeness (QED) is 0.0261. The maximum Gasteiger partial charge on any atom is 0.306 e. The van der Waals surface area contributed by atoms with Gasteiger partial charge in [-0.05, 0) is 128 Å². The summed E-state index contributed by atoms with van der Waals surface area (Å²) in [4.78, 5) is 38.4. The Balaban J connectivity index is 4.33. The summed E-state index contributed by atoms with van der Waals surface area (Å²) in [5.41, 5.74) is 0. The lowest BCUT2D eigenvalue weighted by atomic mass is 10.1. The Bertz CT molecular complexity index is 1610. The first kappa shape index (κ1) is 76.1. The Morgan fingerprint density at radius 3 is 0.800 bits per heavy atom. The minimum atomic E-state index is -0.790. The molecule has 0 aromatic carbocycles. The highest BCUT2D eigenvalue weighted by atomic mass is 16.6. The van der Waals surface area contributed by atoms with Gasteiger partial charge in [-0.1, -0.05) is 284 Å². The summed E-state index contributed by atoms with van der Waals surface area (Å²) in [6, 6.07) is 0. The van der Waals surface area contributed by atoms with Crippen molar-refractivity contribution in [2.75, 3.05) is 13.2 Å². The molecule has 6 nitrogen and oxygen atoms in total. The molecular formula is C74H126O6. The average molecular weight is 1110 g/mol. The lowest BCUT2D eigenvalue weighted by Gasteiger charge is -2.18. The van der Waals surface area contributed by atoms with Gasteiger partial charge in [-0.3, -0.25) is 14.4 Å². The molecule has 0 spiro atoms. The van der Waals surface area contributed by atoms with Gasteiger partial charge in [-0.25, -0.2) is 0 Å². The van der Waals surface area contributed by atoms with Crippen molar-refractivity contribution in [3.63, 3.8) is 0 Å². The number of hydrogen-bond acceptors (Lipinski definition) is 6. The van der Waals surface area contributed by atoms with Crippen molar-refractivity contribution in [1.29, 1.82) is 0 Å². The minimum Gasteiger partial charge on any atom is -0.462 e. The second-order valence-electron chi connectivity index (χ2n) is 22.3. The van der Waals surface area contributed by atoms with Gasteiger partial charge in [0.15, 0.2) is 6.10 Å². The Morgan fingerprint density at radius 1 is 0.263 bits per heavy atom. The van der Waals surface area contributed by atoms with E-state index in [1.807, 2.05) is 0 Å². The van der Waals surface area contributed by atoms with E-state index in [4.69, 9.17) is 14.2 Å². The molecule has 80 heavy (non-hydrogen) atoms. The number of carbonyl (C=O) groups is 3. The van der Waals surface area contributed by atoms with Gasteiger partial charge in [0.2, 0.25) is 0 Å². The number of unbranched alkanes of at least 4 members (excludes halogenated alkanes) is 32.